The first-order chi connectivity index (χ1) is 13.4. The Kier molecular flexibility index (Phi) is 5.39. The molecule has 0 spiro atoms. The zero-order valence-corrected chi connectivity index (χ0v) is 17.4. The minimum absolute atomic E-state index is 0.0405. The van der Waals surface area contributed by atoms with Gasteiger partial charge in [-0.05, 0) is 74.8 Å². The van der Waals surface area contributed by atoms with Crippen LogP contribution in [-0.4, -0.2) is 30.3 Å². The zero-order valence-electron chi connectivity index (χ0n) is 16.6. The van der Waals surface area contributed by atoms with Crippen LogP contribution in [0.4, 0.5) is 0 Å². The lowest BCUT2D eigenvalue weighted by Crippen LogP contribution is -2.51. The van der Waals surface area contributed by atoms with Gasteiger partial charge in [0.25, 0.3) is 0 Å². The molecular weight excluding hydrogens is 368 g/mol. The van der Waals surface area contributed by atoms with Gasteiger partial charge in [0.1, 0.15) is 0 Å². The molecule has 2 aliphatic rings. The maximum absolute atomic E-state index is 13.4. The molecule has 2 fully saturated rings. The van der Waals surface area contributed by atoms with Crippen LogP contribution in [0.3, 0.4) is 0 Å². The lowest BCUT2D eigenvalue weighted by atomic mass is 9.71. The van der Waals surface area contributed by atoms with Crippen molar-refractivity contribution in [2.45, 2.75) is 50.5 Å². The average molecular weight is 397 g/mol. The van der Waals surface area contributed by atoms with Gasteiger partial charge in [-0.2, -0.15) is 4.31 Å². The number of pyridine rings is 1. The van der Waals surface area contributed by atoms with Gasteiger partial charge >= 0.3 is 0 Å². The van der Waals surface area contributed by atoms with Crippen molar-refractivity contribution in [2.75, 3.05) is 6.54 Å². The van der Waals surface area contributed by atoms with Crippen molar-refractivity contribution in [1.82, 2.24) is 9.29 Å². The third kappa shape index (κ3) is 3.78. The largest absolute Gasteiger partial charge is 0.257 e. The van der Waals surface area contributed by atoms with E-state index in [0.717, 1.165) is 36.9 Å². The fraction of sp³-hybridized carbons (Fsp3) is 0.435. The van der Waals surface area contributed by atoms with Crippen LogP contribution in [0, 0.1) is 18.8 Å². The van der Waals surface area contributed by atoms with Crippen molar-refractivity contribution in [3.05, 3.63) is 65.5 Å². The van der Waals surface area contributed by atoms with Crippen LogP contribution in [-0.2, 0) is 10.0 Å². The van der Waals surface area contributed by atoms with E-state index in [9.17, 15) is 8.42 Å². The number of hydrogen-bond donors (Lipinski definition) is 0. The molecule has 4 rings (SSSR count). The third-order valence-corrected chi connectivity index (χ3v) is 8.02. The van der Waals surface area contributed by atoms with Gasteiger partial charge in [-0.25, -0.2) is 8.42 Å². The summed E-state index contributed by atoms with van der Waals surface area (Å²) >= 11 is 0. The predicted octanol–water partition coefficient (Wildman–Crippen LogP) is 4.67. The summed E-state index contributed by atoms with van der Waals surface area (Å²) in [6.45, 7) is 4.82. The van der Waals surface area contributed by atoms with E-state index in [-0.39, 0.29) is 12.0 Å². The van der Waals surface area contributed by atoms with Gasteiger partial charge in [0.15, 0.2) is 0 Å². The summed E-state index contributed by atoms with van der Waals surface area (Å²) in [4.78, 5) is 4.86. The van der Waals surface area contributed by atoms with Gasteiger partial charge in [0.05, 0.1) is 10.6 Å². The number of nitrogens with zero attached hydrogens (tertiary/aromatic N) is 2. The number of piperidine rings is 1. The maximum Gasteiger partial charge on any atom is 0.243 e. The van der Waals surface area contributed by atoms with E-state index in [2.05, 4.69) is 18.0 Å². The number of aryl methyl sites for hydroxylation is 1. The minimum Gasteiger partial charge on any atom is -0.257 e. The molecule has 28 heavy (non-hydrogen) atoms. The molecule has 0 amide bonds. The summed E-state index contributed by atoms with van der Waals surface area (Å²) in [5.41, 5.74) is 3.39. The van der Waals surface area contributed by atoms with Crippen molar-refractivity contribution >= 4 is 16.1 Å². The van der Waals surface area contributed by atoms with Crippen LogP contribution in [0.1, 0.15) is 43.9 Å². The first kappa shape index (κ1) is 19.3. The van der Waals surface area contributed by atoms with Crippen LogP contribution >= 0.6 is 0 Å². The van der Waals surface area contributed by atoms with E-state index < -0.39 is 10.0 Å². The molecule has 1 aliphatic heterocycles. The lowest BCUT2D eigenvalue weighted by Gasteiger charge is -2.46. The molecule has 0 unspecified atom stereocenters. The number of benzene rings is 1. The highest BCUT2D eigenvalue weighted by molar-refractivity contribution is 7.89. The molecule has 3 atom stereocenters. The highest BCUT2D eigenvalue weighted by Crippen LogP contribution is 2.43. The number of hydrogen-bond acceptors (Lipinski definition) is 3. The lowest BCUT2D eigenvalue weighted by molar-refractivity contribution is 0.144. The Morgan fingerprint density at radius 2 is 1.93 bits per heavy atom. The predicted molar refractivity (Wildman–Crippen MR) is 112 cm³/mol. The maximum atomic E-state index is 13.4. The summed E-state index contributed by atoms with van der Waals surface area (Å²) in [7, 11) is -3.48. The number of rotatable bonds is 3. The molecule has 148 valence electrons. The quantitative estimate of drug-likeness (QED) is 0.757. The second-order valence-electron chi connectivity index (χ2n) is 8.26. The van der Waals surface area contributed by atoms with Crippen LogP contribution in [0.25, 0.3) is 6.08 Å². The molecule has 1 aromatic heterocycles. The van der Waals surface area contributed by atoms with Crippen LogP contribution in [0.15, 0.2) is 59.1 Å². The van der Waals surface area contributed by atoms with Crippen LogP contribution in [0.2, 0.25) is 0 Å². The van der Waals surface area contributed by atoms with Gasteiger partial charge in [0.2, 0.25) is 10.0 Å². The molecule has 0 radical (unpaired) electrons. The van der Waals surface area contributed by atoms with Gasteiger partial charge < -0.3 is 0 Å². The van der Waals surface area contributed by atoms with Crippen molar-refractivity contribution in [1.29, 1.82) is 0 Å². The molecule has 1 saturated heterocycles. The molecular formula is C23H28N2O2S. The topological polar surface area (TPSA) is 50.3 Å². The first-order valence-corrected chi connectivity index (χ1v) is 11.6. The van der Waals surface area contributed by atoms with E-state index in [1.807, 2.05) is 43.5 Å². The number of sulfonamides is 1. The minimum atomic E-state index is -3.48. The second-order valence-corrected chi connectivity index (χ2v) is 10.2. The third-order valence-electron chi connectivity index (χ3n) is 6.08. The molecule has 4 nitrogen and oxygen atoms in total. The molecule has 2 aromatic rings. The van der Waals surface area contributed by atoms with Gasteiger partial charge in [-0.1, -0.05) is 36.3 Å². The molecule has 0 bridgehead atoms. The Labute approximate surface area is 168 Å². The molecule has 2 heterocycles. The van der Waals surface area contributed by atoms with Gasteiger partial charge in [-0.3, -0.25) is 4.98 Å². The van der Waals surface area contributed by atoms with E-state index in [0.29, 0.717) is 17.4 Å². The van der Waals surface area contributed by atoms with Crippen molar-refractivity contribution < 1.29 is 8.42 Å². The summed E-state index contributed by atoms with van der Waals surface area (Å²) in [6, 6.07) is 13.2. The average Bonchev–Trinajstić information content (AvgIpc) is 2.68. The molecule has 5 heteroatoms. The van der Waals surface area contributed by atoms with E-state index >= 15 is 0 Å². The highest BCUT2D eigenvalue weighted by Gasteiger charge is 2.43. The van der Waals surface area contributed by atoms with Crippen molar-refractivity contribution in [3.63, 3.8) is 0 Å². The smallest absolute Gasteiger partial charge is 0.243 e. The Bertz CT molecular complexity index is 952. The normalized spacial score (nSPS) is 27.5. The zero-order chi connectivity index (χ0) is 19.7. The SMILES string of the molecule is Cc1ccc(S(=O)(=O)N2CCC[C@@H]3/C(=C\c4ccccn4)C[C@@H](C)C[C@@H]32)cc1. The van der Waals surface area contributed by atoms with Crippen LogP contribution < -0.4 is 0 Å². The first-order valence-electron chi connectivity index (χ1n) is 10.1. The summed E-state index contributed by atoms with van der Waals surface area (Å²) in [5, 5.41) is 0. The fourth-order valence-electron chi connectivity index (χ4n) is 4.75. The summed E-state index contributed by atoms with van der Waals surface area (Å²) in [5.74, 6) is 0.747. The van der Waals surface area contributed by atoms with Gasteiger partial charge in [0, 0.05) is 18.8 Å². The number of aromatic nitrogens is 1. The Morgan fingerprint density at radius 3 is 2.64 bits per heavy atom. The molecule has 1 aliphatic carbocycles. The van der Waals surface area contributed by atoms with E-state index in [1.54, 1.807) is 16.4 Å². The monoisotopic (exact) mass is 396 g/mol. The second kappa shape index (κ2) is 7.80. The fourth-order valence-corrected chi connectivity index (χ4v) is 6.46. The molecule has 1 saturated carbocycles. The van der Waals surface area contributed by atoms with Gasteiger partial charge in [-0.15, -0.1) is 0 Å². The van der Waals surface area contributed by atoms with E-state index in [4.69, 9.17) is 0 Å². The molecule has 1 aromatic carbocycles. The van der Waals surface area contributed by atoms with Crippen molar-refractivity contribution in [2.24, 2.45) is 11.8 Å². The Hall–Kier alpha value is -1.98. The summed E-state index contributed by atoms with van der Waals surface area (Å²) in [6.07, 6.45) is 7.90. The standard InChI is InChI=1S/C23H28N2O2S/c1-17-8-10-21(11-9-17)28(26,27)25-13-5-7-22-19(14-18(2)15-23(22)25)16-20-6-3-4-12-24-20/h3-4,6,8-12,16,18,22-23H,5,7,13-15H2,1-2H3/b19-16-/t18-,22-,23+/m1/s1. The van der Waals surface area contributed by atoms with E-state index in [1.165, 1.54) is 5.57 Å². The highest BCUT2D eigenvalue weighted by atomic mass is 32.2. The Balaban J connectivity index is 1.68. The summed E-state index contributed by atoms with van der Waals surface area (Å²) < 4.78 is 28.6. The molecule has 0 N–H and O–H groups in total. The van der Waals surface area contributed by atoms with Crippen LogP contribution in [0.5, 0.6) is 0 Å². The number of fused-ring (bicyclic) bond motifs is 1. The van der Waals surface area contributed by atoms with Crippen molar-refractivity contribution in [3.8, 4) is 0 Å². The Morgan fingerprint density at radius 1 is 1.14 bits per heavy atom.